The Labute approximate surface area is 110 Å². The second kappa shape index (κ2) is 5.88. The minimum atomic E-state index is -0.460. The summed E-state index contributed by atoms with van der Waals surface area (Å²) in [4.78, 5) is 0. The molecule has 0 amide bonds. The highest BCUT2D eigenvalue weighted by atomic mass is 19.1. The summed E-state index contributed by atoms with van der Waals surface area (Å²) in [7, 11) is 0. The molecular weight excluding hydrogens is 250 g/mol. The number of nitrogens with zero attached hydrogens (tertiary/aromatic N) is 3. The topological polar surface area (TPSA) is 42.7 Å². The van der Waals surface area contributed by atoms with Crippen LogP contribution in [-0.2, 0) is 13.1 Å². The molecule has 1 heterocycles. The Morgan fingerprint density at radius 1 is 1.32 bits per heavy atom. The molecule has 1 aromatic heterocycles. The molecular formula is C13H16F2N4. The maximum absolute atomic E-state index is 13.5. The van der Waals surface area contributed by atoms with Gasteiger partial charge in [0.1, 0.15) is 11.6 Å². The molecule has 6 heteroatoms. The van der Waals surface area contributed by atoms with E-state index in [4.69, 9.17) is 0 Å². The Bertz CT molecular complexity index is 551. The number of benzene rings is 1. The lowest BCUT2D eigenvalue weighted by molar-refractivity contribution is 0.560. The van der Waals surface area contributed by atoms with Crippen LogP contribution >= 0.6 is 0 Å². The van der Waals surface area contributed by atoms with Gasteiger partial charge >= 0.3 is 0 Å². The fourth-order valence-electron chi connectivity index (χ4n) is 1.64. The van der Waals surface area contributed by atoms with Crippen LogP contribution in [0.25, 0.3) is 0 Å². The van der Waals surface area contributed by atoms with Crippen molar-refractivity contribution in [3.05, 3.63) is 47.3 Å². The summed E-state index contributed by atoms with van der Waals surface area (Å²) in [6.45, 7) is 4.83. The fraction of sp³-hybridized carbons (Fsp3) is 0.385. The van der Waals surface area contributed by atoms with Gasteiger partial charge in [0.05, 0.1) is 18.4 Å². The van der Waals surface area contributed by atoms with Gasteiger partial charge in [-0.3, -0.25) is 0 Å². The van der Waals surface area contributed by atoms with Crippen LogP contribution < -0.4 is 5.32 Å². The van der Waals surface area contributed by atoms with E-state index < -0.39 is 11.6 Å². The second-order valence-electron chi connectivity index (χ2n) is 4.68. The summed E-state index contributed by atoms with van der Waals surface area (Å²) in [5.41, 5.74) is 1.03. The normalized spacial score (nSPS) is 11.2. The summed E-state index contributed by atoms with van der Waals surface area (Å²) in [6.07, 6.45) is 1.72. The molecule has 2 rings (SSSR count). The molecule has 0 bridgehead atoms. The summed E-state index contributed by atoms with van der Waals surface area (Å²) >= 11 is 0. The molecule has 102 valence electrons. The maximum atomic E-state index is 13.5. The molecule has 2 aromatic rings. The zero-order chi connectivity index (χ0) is 13.8. The standard InChI is InChI=1S/C13H16F2N4/c1-9(2)16-6-12-8-19(18-17-12)7-10-5-11(14)3-4-13(10)15/h3-5,8-9,16H,6-7H2,1-2H3. The van der Waals surface area contributed by atoms with Crippen LogP contribution in [0.4, 0.5) is 8.78 Å². The Balaban J connectivity index is 2.05. The van der Waals surface area contributed by atoms with Crippen LogP contribution in [0, 0.1) is 11.6 Å². The van der Waals surface area contributed by atoms with Crippen molar-refractivity contribution in [2.75, 3.05) is 0 Å². The Morgan fingerprint density at radius 2 is 2.11 bits per heavy atom. The molecule has 0 unspecified atom stereocenters. The van der Waals surface area contributed by atoms with E-state index in [1.165, 1.54) is 10.7 Å². The van der Waals surface area contributed by atoms with Crippen molar-refractivity contribution in [2.24, 2.45) is 0 Å². The SMILES string of the molecule is CC(C)NCc1cn(Cc2cc(F)ccc2F)nn1. The van der Waals surface area contributed by atoms with Crippen molar-refractivity contribution in [3.63, 3.8) is 0 Å². The van der Waals surface area contributed by atoms with Crippen LogP contribution in [-0.4, -0.2) is 21.0 Å². The van der Waals surface area contributed by atoms with E-state index in [2.05, 4.69) is 15.6 Å². The van der Waals surface area contributed by atoms with E-state index in [-0.39, 0.29) is 12.1 Å². The van der Waals surface area contributed by atoms with Crippen LogP contribution in [0.1, 0.15) is 25.1 Å². The number of hydrogen-bond acceptors (Lipinski definition) is 3. The zero-order valence-electron chi connectivity index (χ0n) is 10.9. The summed E-state index contributed by atoms with van der Waals surface area (Å²) in [5, 5.41) is 11.1. The zero-order valence-corrected chi connectivity index (χ0v) is 10.9. The van der Waals surface area contributed by atoms with E-state index in [0.717, 1.165) is 17.8 Å². The van der Waals surface area contributed by atoms with Crippen molar-refractivity contribution >= 4 is 0 Å². The molecule has 1 aromatic carbocycles. The van der Waals surface area contributed by atoms with E-state index in [1.807, 2.05) is 13.8 Å². The lowest BCUT2D eigenvalue weighted by Gasteiger charge is -2.04. The lowest BCUT2D eigenvalue weighted by Crippen LogP contribution is -2.21. The predicted molar refractivity (Wildman–Crippen MR) is 67.5 cm³/mol. The average Bonchev–Trinajstić information content (AvgIpc) is 2.79. The van der Waals surface area contributed by atoms with Crippen LogP contribution in [0.3, 0.4) is 0 Å². The first kappa shape index (κ1) is 13.6. The maximum Gasteiger partial charge on any atom is 0.128 e. The number of hydrogen-bond donors (Lipinski definition) is 1. The number of nitrogens with one attached hydrogen (secondary N) is 1. The molecule has 0 atom stereocenters. The highest BCUT2D eigenvalue weighted by Crippen LogP contribution is 2.11. The molecule has 4 nitrogen and oxygen atoms in total. The lowest BCUT2D eigenvalue weighted by atomic mass is 10.2. The first-order valence-corrected chi connectivity index (χ1v) is 6.11. The molecule has 0 saturated carbocycles. The van der Waals surface area contributed by atoms with Crippen molar-refractivity contribution in [3.8, 4) is 0 Å². The van der Waals surface area contributed by atoms with Crippen LogP contribution in [0.2, 0.25) is 0 Å². The average molecular weight is 266 g/mol. The smallest absolute Gasteiger partial charge is 0.128 e. The Kier molecular flexibility index (Phi) is 4.21. The summed E-state index contributed by atoms with van der Waals surface area (Å²) < 4.78 is 28.0. The van der Waals surface area contributed by atoms with Crippen molar-refractivity contribution in [2.45, 2.75) is 33.0 Å². The van der Waals surface area contributed by atoms with E-state index >= 15 is 0 Å². The summed E-state index contributed by atoms with van der Waals surface area (Å²) in [5.74, 6) is -0.906. The van der Waals surface area contributed by atoms with Gasteiger partial charge in [-0.05, 0) is 18.2 Å². The molecule has 0 aliphatic carbocycles. The number of rotatable bonds is 5. The van der Waals surface area contributed by atoms with Gasteiger partial charge in [-0.2, -0.15) is 0 Å². The van der Waals surface area contributed by atoms with Gasteiger partial charge in [0.25, 0.3) is 0 Å². The Morgan fingerprint density at radius 3 is 2.84 bits per heavy atom. The molecule has 0 spiro atoms. The van der Waals surface area contributed by atoms with Gasteiger partial charge in [0, 0.05) is 18.2 Å². The van der Waals surface area contributed by atoms with Gasteiger partial charge in [-0.15, -0.1) is 5.10 Å². The molecule has 0 radical (unpaired) electrons. The third-order valence-corrected chi connectivity index (χ3v) is 2.62. The van der Waals surface area contributed by atoms with Gasteiger partial charge in [0.15, 0.2) is 0 Å². The van der Waals surface area contributed by atoms with Gasteiger partial charge < -0.3 is 5.32 Å². The van der Waals surface area contributed by atoms with Gasteiger partial charge in [-0.1, -0.05) is 19.1 Å². The monoisotopic (exact) mass is 266 g/mol. The van der Waals surface area contributed by atoms with Crippen LogP contribution in [0.15, 0.2) is 24.4 Å². The molecule has 0 fully saturated rings. The highest BCUT2D eigenvalue weighted by Gasteiger charge is 2.07. The van der Waals surface area contributed by atoms with Crippen LogP contribution in [0.5, 0.6) is 0 Å². The largest absolute Gasteiger partial charge is 0.309 e. The fourth-order valence-corrected chi connectivity index (χ4v) is 1.64. The summed E-state index contributed by atoms with van der Waals surface area (Å²) in [6, 6.07) is 3.73. The van der Waals surface area contributed by atoms with Crippen molar-refractivity contribution in [1.82, 2.24) is 20.3 Å². The highest BCUT2D eigenvalue weighted by molar-refractivity contribution is 5.18. The Hall–Kier alpha value is -1.82. The molecule has 0 aliphatic heterocycles. The molecule has 1 N–H and O–H groups in total. The van der Waals surface area contributed by atoms with E-state index in [1.54, 1.807) is 6.20 Å². The van der Waals surface area contributed by atoms with E-state index in [9.17, 15) is 8.78 Å². The van der Waals surface area contributed by atoms with E-state index in [0.29, 0.717) is 12.6 Å². The number of aromatic nitrogens is 3. The molecule has 19 heavy (non-hydrogen) atoms. The molecule has 0 aliphatic rings. The predicted octanol–water partition coefficient (Wildman–Crippen LogP) is 2.10. The first-order chi connectivity index (χ1) is 9.04. The third kappa shape index (κ3) is 3.82. The van der Waals surface area contributed by atoms with Crippen molar-refractivity contribution in [1.29, 1.82) is 0 Å². The first-order valence-electron chi connectivity index (χ1n) is 6.11. The second-order valence-corrected chi connectivity index (χ2v) is 4.68. The van der Waals surface area contributed by atoms with Gasteiger partial charge in [0.2, 0.25) is 0 Å². The minimum Gasteiger partial charge on any atom is -0.309 e. The molecule has 0 saturated heterocycles. The third-order valence-electron chi connectivity index (χ3n) is 2.62. The quantitative estimate of drug-likeness (QED) is 0.901. The van der Waals surface area contributed by atoms with Gasteiger partial charge in [-0.25, -0.2) is 13.5 Å². The minimum absolute atomic E-state index is 0.165. The number of halogens is 2. The van der Waals surface area contributed by atoms with Crippen molar-refractivity contribution < 1.29 is 8.78 Å².